The molecule has 0 bridgehead atoms. The van der Waals surface area contributed by atoms with Crippen LogP contribution >= 0.6 is 0 Å². The highest BCUT2D eigenvalue weighted by Crippen LogP contribution is 2.19. The molecular weight excluding hydrogens is 256 g/mol. The van der Waals surface area contributed by atoms with Crippen molar-refractivity contribution in [3.63, 3.8) is 0 Å². The van der Waals surface area contributed by atoms with E-state index in [2.05, 4.69) is 0 Å². The van der Waals surface area contributed by atoms with Crippen LogP contribution in [0.15, 0.2) is 24.3 Å². The van der Waals surface area contributed by atoms with Gasteiger partial charge in [0.2, 0.25) is 0 Å². The molecule has 0 spiro atoms. The molecule has 110 valence electrons. The van der Waals surface area contributed by atoms with Crippen LogP contribution in [0.3, 0.4) is 0 Å². The van der Waals surface area contributed by atoms with Crippen molar-refractivity contribution >= 4 is 11.9 Å². The molecule has 3 N–H and O–H groups in total. The maximum atomic E-state index is 12.6. The molecule has 0 aliphatic heterocycles. The van der Waals surface area contributed by atoms with Gasteiger partial charge in [-0.25, -0.2) is 0 Å². The summed E-state index contributed by atoms with van der Waals surface area (Å²) in [6.45, 7) is 5.58. The van der Waals surface area contributed by atoms with E-state index >= 15 is 0 Å². The van der Waals surface area contributed by atoms with Crippen molar-refractivity contribution in [2.45, 2.75) is 32.7 Å². The van der Waals surface area contributed by atoms with E-state index in [1.807, 2.05) is 32.9 Å². The van der Waals surface area contributed by atoms with E-state index in [-0.39, 0.29) is 12.5 Å². The number of carboxylic acid groups (broad SMARTS) is 1. The molecule has 0 radical (unpaired) electrons. The maximum absolute atomic E-state index is 12.6. The summed E-state index contributed by atoms with van der Waals surface area (Å²) < 4.78 is 0. The van der Waals surface area contributed by atoms with Gasteiger partial charge in [-0.15, -0.1) is 0 Å². The third kappa shape index (κ3) is 4.06. The van der Waals surface area contributed by atoms with Gasteiger partial charge in [-0.3, -0.25) is 9.59 Å². The number of carbonyl (C=O) groups is 2. The second-order valence-corrected chi connectivity index (χ2v) is 5.65. The Bertz CT molecular complexity index is 492. The van der Waals surface area contributed by atoms with Gasteiger partial charge in [-0.05, 0) is 45.4 Å². The highest BCUT2D eigenvalue weighted by molar-refractivity contribution is 5.97. The predicted molar refractivity (Wildman–Crippen MR) is 77.6 cm³/mol. The lowest BCUT2D eigenvalue weighted by molar-refractivity contribution is -0.138. The number of carbonyl (C=O) groups excluding carboxylic acids is 1. The average Bonchev–Trinajstić information content (AvgIpc) is 2.35. The Hall–Kier alpha value is -1.88. The molecular formula is C15H22N2O3. The zero-order valence-corrected chi connectivity index (χ0v) is 12.2. The van der Waals surface area contributed by atoms with Crippen LogP contribution < -0.4 is 5.73 Å². The minimum atomic E-state index is -1.02. The summed E-state index contributed by atoms with van der Waals surface area (Å²) in [4.78, 5) is 25.0. The fourth-order valence-electron chi connectivity index (χ4n) is 2.00. The minimum Gasteiger partial charge on any atom is -0.480 e. The highest BCUT2D eigenvalue weighted by Gasteiger charge is 2.30. The minimum absolute atomic E-state index is 0.274. The lowest BCUT2D eigenvalue weighted by Crippen LogP contribution is -2.48. The Morgan fingerprint density at radius 1 is 1.25 bits per heavy atom. The van der Waals surface area contributed by atoms with Crippen molar-refractivity contribution < 1.29 is 14.7 Å². The van der Waals surface area contributed by atoms with E-state index in [0.29, 0.717) is 18.5 Å². The van der Waals surface area contributed by atoms with Gasteiger partial charge in [0.05, 0.1) is 0 Å². The van der Waals surface area contributed by atoms with E-state index < -0.39 is 11.5 Å². The lowest BCUT2D eigenvalue weighted by atomic mass is 9.99. The van der Waals surface area contributed by atoms with Gasteiger partial charge in [0, 0.05) is 11.1 Å². The number of aliphatic carboxylic acids is 1. The maximum Gasteiger partial charge on any atom is 0.323 e. The summed E-state index contributed by atoms with van der Waals surface area (Å²) in [6.07, 6.45) is 0.590. The summed E-state index contributed by atoms with van der Waals surface area (Å²) in [5.74, 6) is -1.30. The van der Waals surface area contributed by atoms with Crippen LogP contribution in [0.1, 0.15) is 36.7 Å². The molecule has 5 nitrogen and oxygen atoms in total. The standard InChI is InChI=1S/C15H22N2O3/c1-15(2,3)17(10-13(18)19)14(20)12-7-5-4-6-11(12)8-9-16/h4-7H,8-10,16H2,1-3H3,(H,18,19). The Kier molecular flexibility index (Phi) is 5.27. The second-order valence-electron chi connectivity index (χ2n) is 5.65. The van der Waals surface area contributed by atoms with Crippen LogP contribution in [-0.2, 0) is 11.2 Å². The Balaban J connectivity index is 3.15. The molecule has 0 aliphatic carbocycles. The lowest BCUT2D eigenvalue weighted by Gasteiger charge is -2.35. The number of nitrogens with two attached hydrogens (primary N) is 1. The van der Waals surface area contributed by atoms with E-state index in [1.54, 1.807) is 12.1 Å². The van der Waals surface area contributed by atoms with Crippen LogP contribution in [-0.4, -0.2) is 40.5 Å². The molecule has 0 aromatic heterocycles. The third-order valence-electron chi connectivity index (χ3n) is 3.01. The van der Waals surface area contributed by atoms with Gasteiger partial charge >= 0.3 is 5.97 Å². The molecule has 0 atom stereocenters. The molecule has 0 saturated heterocycles. The number of hydrogen-bond donors (Lipinski definition) is 2. The first kappa shape index (κ1) is 16.2. The van der Waals surface area contributed by atoms with Crippen LogP contribution in [0, 0.1) is 0 Å². The molecule has 0 heterocycles. The molecule has 0 unspecified atom stereocenters. The fraction of sp³-hybridized carbons (Fsp3) is 0.467. The van der Waals surface area contributed by atoms with E-state index in [4.69, 9.17) is 10.8 Å². The topological polar surface area (TPSA) is 83.6 Å². The van der Waals surface area contributed by atoms with Crippen LogP contribution in [0.2, 0.25) is 0 Å². The molecule has 5 heteroatoms. The van der Waals surface area contributed by atoms with Crippen molar-refractivity contribution in [1.82, 2.24) is 4.90 Å². The van der Waals surface area contributed by atoms with Crippen molar-refractivity contribution in [3.8, 4) is 0 Å². The monoisotopic (exact) mass is 278 g/mol. The molecule has 0 fully saturated rings. The van der Waals surface area contributed by atoms with Crippen molar-refractivity contribution in [3.05, 3.63) is 35.4 Å². The molecule has 0 aliphatic rings. The van der Waals surface area contributed by atoms with Crippen LogP contribution in [0.25, 0.3) is 0 Å². The Labute approximate surface area is 119 Å². The van der Waals surface area contributed by atoms with Crippen LogP contribution in [0.4, 0.5) is 0 Å². The number of benzene rings is 1. The van der Waals surface area contributed by atoms with E-state index in [0.717, 1.165) is 5.56 Å². The number of hydrogen-bond acceptors (Lipinski definition) is 3. The summed E-state index contributed by atoms with van der Waals surface area (Å²) >= 11 is 0. The first-order valence-electron chi connectivity index (χ1n) is 6.59. The molecule has 20 heavy (non-hydrogen) atoms. The smallest absolute Gasteiger partial charge is 0.323 e. The number of amides is 1. The van der Waals surface area contributed by atoms with Gasteiger partial charge in [0.15, 0.2) is 0 Å². The SMILES string of the molecule is CC(C)(C)N(CC(=O)O)C(=O)c1ccccc1CCN. The van der Waals surface area contributed by atoms with Gasteiger partial charge in [-0.2, -0.15) is 0 Å². The molecule has 1 aromatic rings. The van der Waals surface area contributed by atoms with Crippen molar-refractivity contribution in [2.24, 2.45) is 5.73 Å². The Morgan fingerprint density at radius 2 is 1.85 bits per heavy atom. The number of nitrogens with zero attached hydrogens (tertiary/aromatic N) is 1. The molecule has 1 rings (SSSR count). The average molecular weight is 278 g/mol. The van der Waals surface area contributed by atoms with E-state index in [9.17, 15) is 9.59 Å². The Morgan fingerprint density at radius 3 is 2.35 bits per heavy atom. The predicted octanol–water partition coefficient (Wildman–Crippen LogP) is 1.51. The molecule has 0 saturated carbocycles. The van der Waals surface area contributed by atoms with Crippen molar-refractivity contribution in [2.75, 3.05) is 13.1 Å². The highest BCUT2D eigenvalue weighted by atomic mass is 16.4. The first-order valence-corrected chi connectivity index (χ1v) is 6.59. The zero-order valence-electron chi connectivity index (χ0n) is 12.2. The third-order valence-corrected chi connectivity index (χ3v) is 3.01. The quantitative estimate of drug-likeness (QED) is 0.855. The summed E-state index contributed by atoms with van der Waals surface area (Å²) in [7, 11) is 0. The largest absolute Gasteiger partial charge is 0.480 e. The number of rotatable bonds is 5. The summed E-state index contributed by atoms with van der Waals surface area (Å²) in [6, 6.07) is 7.19. The second kappa shape index (κ2) is 6.52. The summed E-state index contributed by atoms with van der Waals surface area (Å²) in [5, 5.41) is 9.00. The van der Waals surface area contributed by atoms with Gasteiger partial charge in [-0.1, -0.05) is 18.2 Å². The van der Waals surface area contributed by atoms with E-state index in [1.165, 1.54) is 4.90 Å². The van der Waals surface area contributed by atoms with Crippen molar-refractivity contribution in [1.29, 1.82) is 0 Å². The summed E-state index contributed by atoms with van der Waals surface area (Å²) in [5.41, 5.74) is 6.36. The van der Waals surface area contributed by atoms with Gasteiger partial charge < -0.3 is 15.7 Å². The van der Waals surface area contributed by atoms with Crippen LogP contribution in [0.5, 0.6) is 0 Å². The normalized spacial score (nSPS) is 11.2. The van der Waals surface area contributed by atoms with Gasteiger partial charge in [0.25, 0.3) is 5.91 Å². The number of carboxylic acids is 1. The molecule has 1 amide bonds. The van der Waals surface area contributed by atoms with Gasteiger partial charge in [0.1, 0.15) is 6.54 Å². The zero-order chi connectivity index (χ0) is 15.3. The first-order chi connectivity index (χ1) is 9.27. The molecule has 1 aromatic carbocycles. The fourth-order valence-corrected chi connectivity index (χ4v) is 2.00.